The van der Waals surface area contributed by atoms with E-state index < -0.39 is 10.3 Å². The summed E-state index contributed by atoms with van der Waals surface area (Å²) in [5.74, 6) is 0.483. The van der Waals surface area contributed by atoms with Crippen LogP contribution in [0.3, 0.4) is 0 Å². The third kappa shape index (κ3) is 2.75. The first-order chi connectivity index (χ1) is 11.1. The molecule has 6 heteroatoms. The summed E-state index contributed by atoms with van der Waals surface area (Å²) in [6.07, 6.45) is 1.46. The third-order valence-corrected chi connectivity index (χ3v) is 4.17. The molecule has 1 fully saturated rings. The molecule has 0 saturated heterocycles. The lowest BCUT2D eigenvalue weighted by molar-refractivity contribution is -0.384. The van der Waals surface area contributed by atoms with E-state index in [4.69, 9.17) is 4.74 Å². The first-order valence-corrected chi connectivity index (χ1v) is 7.26. The molecule has 1 aliphatic carbocycles. The maximum Gasteiger partial charge on any atom is 0.269 e. The van der Waals surface area contributed by atoms with Gasteiger partial charge >= 0.3 is 0 Å². The maximum absolute atomic E-state index is 12.7. The number of ether oxygens (including phenoxy) is 1. The van der Waals surface area contributed by atoms with Crippen LogP contribution in [0.4, 0.5) is 11.4 Å². The molecule has 0 spiro atoms. The number of para-hydroxylation sites is 2. The van der Waals surface area contributed by atoms with Gasteiger partial charge in [0, 0.05) is 12.1 Å². The second-order valence-corrected chi connectivity index (χ2v) is 5.54. The molecule has 6 nitrogen and oxygen atoms in total. The van der Waals surface area contributed by atoms with Crippen LogP contribution < -0.4 is 10.1 Å². The van der Waals surface area contributed by atoms with E-state index >= 15 is 0 Å². The highest BCUT2D eigenvalue weighted by Crippen LogP contribution is 2.49. The minimum Gasteiger partial charge on any atom is -0.495 e. The summed E-state index contributed by atoms with van der Waals surface area (Å²) in [6, 6.07) is 13.4. The SMILES string of the molecule is COc1ccccc1NC(=O)C1(c2ccc([N+](=O)[O-])cc2)CC1. The fourth-order valence-corrected chi connectivity index (χ4v) is 2.66. The summed E-state index contributed by atoms with van der Waals surface area (Å²) in [5.41, 5.74) is 0.842. The molecule has 0 radical (unpaired) electrons. The van der Waals surface area contributed by atoms with Crippen molar-refractivity contribution in [3.8, 4) is 5.75 Å². The van der Waals surface area contributed by atoms with Crippen molar-refractivity contribution < 1.29 is 14.5 Å². The van der Waals surface area contributed by atoms with Crippen LogP contribution in [-0.2, 0) is 10.2 Å². The van der Waals surface area contributed by atoms with Crippen LogP contribution in [-0.4, -0.2) is 17.9 Å². The van der Waals surface area contributed by atoms with Crippen LogP contribution in [0, 0.1) is 10.1 Å². The third-order valence-electron chi connectivity index (χ3n) is 4.17. The molecule has 0 aliphatic heterocycles. The van der Waals surface area contributed by atoms with Crippen molar-refractivity contribution in [1.82, 2.24) is 0 Å². The Hall–Kier alpha value is -2.89. The molecule has 2 aromatic rings. The van der Waals surface area contributed by atoms with Crippen LogP contribution in [0.25, 0.3) is 0 Å². The van der Waals surface area contributed by atoms with Gasteiger partial charge in [0.1, 0.15) is 5.75 Å². The minimum absolute atomic E-state index is 0.0229. The van der Waals surface area contributed by atoms with Crippen molar-refractivity contribution in [3.63, 3.8) is 0 Å². The number of anilines is 1. The molecule has 1 aliphatic rings. The number of amides is 1. The molecular formula is C17H16N2O4. The Morgan fingerprint density at radius 2 is 1.83 bits per heavy atom. The zero-order valence-corrected chi connectivity index (χ0v) is 12.6. The fraction of sp³-hybridized carbons (Fsp3) is 0.235. The van der Waals surface area contributed by atoms with E-state index in [-0.39, 0.29) is 11.6 Å². The molecular weight excluding hydrogens is 296 g/mol. The number of rotatable bonds is 5. The molecule has 0 bridgehead atoms. The standard InChI is InChI=1S/C17H16N2O4/c1-23-15-5-3-2-4-14(15)18-16(20)17(10-11-17)12-6-8-13(9-7-12)19(21)22/h2-9H,10-11H2,1H3,(H,18,20). The number of nitro groups is 1. The topological polar surface area (TPSA) is 81.5 Å². The molecule has 23 heavy (non-hydrogen) atoms. The van der Waals surface area contributed by atoms with Gasteiger partial charge in [-0.25, -0.2) is 0 Å². The van der Waals surface area contributed by atoms with Crippen LogP contribution in [0.2, 0.25) is 0 Å². The average Bonchev–Trinajstić information content (AvgIpc) is 3.37. The van der Waals surface area contributed by atoms with Gasteiger partial charge in [-0.1, -0.05) is 24.3 Å². The summed E-state index contributed by atoms with van der Waals surface area (Å²) in [6.45, 7) is 0. The second kappa shape index (κ2) is 5.72. The molecule has 0 unspecified atom stereocenters. The Bertz CT molecular complexity index is 751. The summed E-state index contributed by atoms with van der Waals surface area (Å²) >= 11 is 0. The Morgan fingerprint density at radius 1 is 1.17 bits per heavy atom. The minimum atomic E-state index is -0.601. The van der Waals surface area contributed by atoms with Crippen molar-refractivity contribution in [3.05, 3.63) is 64.2 Å². The normalized spacial score (nSPS) is 14.8. The number of hydrogen-bond acceptors (Lipinski definition) is 4. The van der Waals surface area contributed by atoms with Gasteiger partial charge in [-0.3, -0.25) is 14.9 Å². The highest BCUT2D eigenvalue weighted by molar-refractivity contribution is 6.02. The largest absolute Gasteiger partial charge is 0.495 e. The van der Waals surface area contributed by atoms with E-state index in [2.05, 4.69) is 5.32 Å². The quantitative estimate of drug-likeness (QED) is 0.678. The lowest BCUT2D eigenvalue weighted by atomic mass is 9.94. The van der Waals surface area contributed by atoms with Crippen LogP contribution in [0.15, 0.2) is 48.5 Å². The summed E-state index contributed by atoms with van der Waals surface area (Å²) in [4.78, 5) is 23.0. The van der Waals surface area contributed by atoms with Crippen LogP contribution in [0.1, 0.15) is 18.4 Å². The first kappa shape index (κ1) is 15.0. The second-order valence-electron chi connectivity index (χ2n) is 5.54. The maximum atomic E-state index is 12.7. The van der Waals surface area contributed by atoms with Gasteiger partial charge in [0.2, 0.25) is 5.91 Å². The lowest BCUT2D eigenvalue weighted by Crippen LogP contribution is -2.28. The van der Waals surface area contributed by atoms with E-state index in [9.17, 15) is 14.9 Å². The predicted molar refractivity (Wildman–Crippen MR) is 85.6 cm³/mol. The van der Waals surface area contributed by atoms with Gasteiger partial charge in [0.15, 0.2) is 0 Å². The molecule has 0 heterocycles. The average molecular weight is 312 g/mol. The zero-order chi connectivity index (χ0) is 16.4. The number of benzene rings is 2. The Labute approximate surface area is 133 Å². The van der Waals surface area contributed by atoms with Crippen molar-refractivity contribution in [2.24, 2.45) is 0 Å². The Balaban J connectivity index is 1.82. The number of carbonyl (C=O) groups is 1. The number of non-ortho nitro benzene ring substituents is 1. The molecule has 0 atom stereocenters. The Morgan fingerprint density at radius 3 is 2.39 bits per heavy atom. The van der Waals surface area contributed by atoms with E-state index in [1.54, 1.807) is 31.4 Å². The van der Waals surface area contributed by atoms with E-state index in [1.807, 2.05) is 12.1 Å². The van der Waals surface area contributed by atoms with Gasteiger partial charge in [0.25, 0.3) is 5.69 Å². The first-order valence-electron chi connectivity index (χ1n) is 7.26. The van der Waals surface area contributed by atoms with Crippen molar-refractivity contribution in [2.45, 2.75) is 18.3 Å². The van der Waals surface area contributed by atoms with Gasteiger partial charge in [0.05, 0.1) is 23.1 Å². The summed E-state index contributed by atoms with van der Waals surface area (Å²) < 4.78 is 5.24. The number of carbonyl (C=O) groups excluding carboxylic acids is 1. The number of nitro benzene ring substituents is 1. The molecule has 118 valence electrons. The lowest BCUT2D eigenvalue weighted by Gasteiger charge is -2.17. The number of nitrogens with zero attached hydrogens (tertiary/aromatic N) is 1. The van der Waals surface area contributed by atoms with E-state index in [1.165, 1.54) is 12.1 Å². The zero-order valence-electron chi connectivity index (χ0n) is 12.6. The van der Waals surface area contributed by atoms with Crippen molar-refractivity contribution in [2.75, 3.05) is 12.4 Å². The number of hydrogen-bond donors (Lipinski definition) is 1. The van der Waals surface area contributed by atoms with Gasteiger partial charge in [-0.05, 0) is 30.5 Å². The molecule has 1 amide bonds. The summed E-state index contributed by atoms with van der Waals surface area (Å²) in [7, 11) is 1.55. The van der Waals surface area contributed by atoms with Crippen LogP contribution in [0.5, 0.6) is 5.75 Å². The smallest absolute Gasteiger partial charge is 0.269 e. The summed E-state index contributed by atoms with van der Waals surface area (Å²) in [5, 5.41) is 13.6. The molecule has 1 saturated carbocycles. The molecule has 3 rings (SSSR count). The Kier molecular flexibility index (Phi) is 3.73. The molecule has 1 N–H and O–H groups in total. The molecule has 2 aromatic carbocycles. The van der Waals surface area contributed by atoms with Crippen LogP contribution >= 0.6 is 0 Å². The monoisotopic (exact) mass is 312 g/mol. The van der Waals surface area contributed by atoms with Crippen molar-refractivity contribution >= 4 is 17.3 Å². The van der Waals surface area contributed by atoms with Crippen molar-refractivity contribution in [1.29, 1.82) is 0 Å². The fourth-order valence-electron chi connectivity index (χ4n) is 2.66. The van der Waals surface area contributed by atoms with E-state index in [0.717, 1.165) is 18.4 Å². The number of nitrogens with one attached hydrogen (secondary N) is 1. The number of methoxy groups -OCH3 is 1. The predicted octanol–water partition coefficient (Wildman–Crippen LogP) is 3.27. The van der Waals surface area contributed by atoms with Gasteiger partial charge in [-0.2, -0.15) is 0 Å². The van der Waals surface area contributed by atoms with E-state index in [0.29, 0.717) is 11.4 Å². The highest BCUT2D eigenvalue weighted by atomic mass is 16.6. The molecule has 0 aromatic heterocycles. The highest BCUT2D eigenvalue weighted by Gasteiger charge is 2.51. The van der Waals surface area contributed by atoms with Gasteiger partial charge in [-0.15, -0.1) is 0 Å². The van der Waals surface area contributed by atoms with Gasteiger partial charge < -0.3 is 10.1 Å².